The van der Waals surface area contributed by atoms with E-state index in [2.05, 4.69) is 23.5 Å². The fraction of sp³-hybridized carbons (Fsp3) is 0.571. The molecule has 0 aliphatic carbocycles. The molecule has 2 aliphatic rings. The van der Waals surface area contributed by atoms with Crippen molar-refractivity contribution >= 4 is 49.0 Å². The number of piperidine rings is 2. The number of carbonyl (C=O) groups is 1. The highest BCUT2D eigenvalue weighted by molar-refractivity contribution is 7.91. The maximum absolute atomic E-state index is 13.1. The van der Waals surface area contributed by atoms with Crippen molar-refractivity contribution in [3.05, 3.63) is 29.3 Å². The standard InChI is InChI=1S/C21H28ClN3O3S2/c1-14(2)24-10-7-17(8-11-24)25-9-3-4-18(21(25)26)23-30(27,28)20-13-15-12-16(22)5-6-19(15)29-20/h5-6,12-14,17-18,23H,3-4,7-11H2,1-2H3/t18-/m0/s1. The lowest BCUT2D eigenvalue weighted by molar-refractivity contribution is -0.139. The molecule has 6 nitrogen and oxygen atoms in total. The quantitative estimate of drug-likeness (QED) is 0.724. The summed E-state index contributed by atoms with van der Waals surface area (Å²) in [5, 5.41) is 1.36. The lowest BCUT2D eigenvalue weighted by Crippen LogP contribution is -2.57. The SMILES string of the molecule is CC(C)N1CCC(N2CCC[C@H](NS(=O)(=O)c3cc4cc(Cl)ccc4s3)C2=O)CC1. The highest BCUT2D eigenvalue weighted by Crippen LogP contribution is 2.31. The topological polar surface area (TPSA) is 69.7 Å². The Kier molecular flexibility index (Phi) is 6.42. The molecule has 4 rings (SSSR count). The van der Waals surface area contributed by atoms with E-state index in [-0.39, 0.29) is 16.2 Å². The van der Waals surface area contributed by atoms with Crippen LogP contribution < -0.4 is 4.72 Å². The molecule has 0 saturated carbocycles. The van der Waals surface area contributed by atoms with Crippen LogP contribution in [0.5, 0.6) is 0 Å². The van der Waals surface area contributed by atoms with E-state index in [1.807, 2.05) is 11.0 Å². The first-order valence-electron chi connectivity index (χ1n) is 10.5. The van der Waals surface area contributed by atoms with Crippen LogP contribution in [-0.2, 0) is 14.8 Å². The number of hydrogen-bond donors (Lipinski definition) is 1. The van der Waals surface area contributed by atoms with Crippen LogP contribution in [0.15, 0.2) is 28.5 Å². The molecule has 1 aromatic carbocycles. The maximum atomic E-state index is 13.1. The Hall–Kier alpha value is -1.19. The fourth-order valence-electron chi connectivity index (χ4n) is 4.45. The minimum atomic E-state index is -3.77. The lowest BCUT2D eigenvalue weighted by Gasteiger charge is -2.43. The molecule has 3 heterocycles. The number of sulfonamides is 1. The number of carbonyl (C=O) groups excluding carboxylic acids is 1. The van der Waals surface area contributed by atoms with E-state index in [0.717, 1.165) is 42.4 Å². The van der Waals surface area contributed by atoms with Crippen molar-refractivity contribution in [3.63, 3.8) is 0 Å². The summed E-state index contributed by atoms with van der Waals surface area (Å²) in [5.74, 6) is -0.0861. The molecule has 9 heteroatoms. The third-order valence-corrected chi connectivity index (χ3v) is 9.46. The smallest absolute Gasteiger partial charge is 0.250 e. The van der Waals surface area contributed by atoms with E-state index in [0.29, 0.717) is 24.0 Å². The summed E-state index contributed by atoms with van der Waals surface area (Å²) in [7, 11) is -3.77. The van der Waals surface area contributed by atoms with Gasteiger partial charge in [-0.25, -0.2) is 8.42 Å². The molecule has 164 valence electrons. The van der Waals surface area contributed by atoms with Crippen LogP contribution in [0.4, 0.5) is 0 Å². The second kappa shape index (κ2) is 8.74. The number of benzene rings is 1. The minimum Gasteiger partial charge on any atom is -0.338 e. The third kappa shape index (κ3) is 4.53. The number of thiophene rings is 1. The van der Waals surface area contributed by atoms with Crippen LogP contribution in [-0.4, -0.2) is 61.9 Å². The minimum absolute atomic E-state index is 0.0861. The molecule has 1 aromatic heterocycles. The Labute approximate surface area is 187 Å². The number of rotatable bonds is 5. The second-order valence-electron chi connectivity index (χ2n) is 8.46. The normalized spacial score (nSPS) is 22.3. The average Bonchev–Trinajstić information content (AvgIpc) is 3.14. The number of nitrogens with one attached hydrogen (secondary N) is 1. The molecule has 30 heavy (non-hydrogen) atoms. The Morgan fingerprint density at radius 3 is 2.57 bits per heavy atom. The molecule has 1 atom stereocenters. The van der Waals surface area contributed by atoms with E-state index < -0.39 is 16.1 Å². The van der Waals surface area contributed by atoms with Crippen molar-refractivity contribution < 1.29 is 13.2 Å². The number of hydrogen-bond acceptors (Lipinski definition) is 5. The van der Waals surface area contributed by atoms with Gasteiger partial charge in [0.1, 0.15) is 10.3 Å². The van der Waals surface area contributed by atoms with Crippen LogP contribution in [0.1, 0.15) is 39.5 Å². The van der Waals surface area contributed by atoms with Crippen LogP contribution in [0.25, 0.3) is 10.1 Å². The van der Waals surface area contributed by atoms with Gasteiger partial charge in [-0.05, 0) is 69.2 Å². The summed E-state index contributed by atoms with van der Waals surface area (Å²) in [4.78, 5) is 17.5. The van der Waals surface area contributed by atoms with E-state index in [1.54, 1.807) is 18.2 Å². The Bertz CT molecular complexity index is 1030. The molecule has 0 unspecified atom stereocenters. The maximum Gasteiger partial charge on any atom is 0.250 e. The molecule has 2 aromatic rings. The predicted octanol–water partition coefficient (Wildman–Crippen LogP) is 3.70. The highest BCUT2D eigenvalue weighted by atomic mass is 35.5. The number of nitrogens with zero attached hydrogens (tertiary/aromatic N) is 2. The van der Waals surface area contributed by atoms with Gasteiger partial charge in [-0.15, -0.1) is 11.3 Å². The highest BCUT2D eigenvalue weighted by Gasteiger charge is 2.37. The van der Waals surface area contributed by atoms with Crippen molar-refractivity contribution in [1.82, 2.24) is 14.5 Å². The van der Waals surface area contributed by atoms with Crippen LogP contribution >= 0.6 is 22.9 Å². The molecule has 2 fully saturated rings. The first kappa shape index (κ1) is 22.0. The van der Waals surface area contributed by atoms with Crippen LogP contribution in [0.2, 0.25) is 5.02 Å². The lowest BCUT2D eigenvalue weighted by atomic mass is 9.97. The first-order chi connectivity index (χ1) is 14.2. The van der Waals surface area contributed by atoms with Gasteiger partial charge in [0.25, 0.3) is 10.0 Å². The molecule has 1 amide bonds. The number of likely N-dealkylation sites (tertiary alicyclic amines) is 2. The Morgan fingerprint density at radius 2 is 1.87 bits per heavy atom. The largest absolute Gasteiger partial charge is 0.338 e. The predicted molar refractivity (Wildman–Crippen MR) is 122 cm³/mol. The van der Waals surface area contributed by atoms with Gasteiger partial charge in [0.05, 0.1) is 0 Å². The number of fused-ring (bicyclic) bond motifs is 1. The van der Waals surface area contributed by atoms with Gasteiger partial charge in [0, 0.05) is 41.4 Å². The average molecular weight is 470 g/mol. The van der Waals surface area contributed by atoms with E-state index in [4.69, 9.17) is 11.6 Å². The van der Waals surface area contributed by atoms with E-state index >= 15 is 0 Å². The Balaban J connectivity index is 1.46. The summed E-state index contributed by atoms with van der Waals surface area (Å²) < 4.78 is 29.7. The van der Waals surface area contributed by atoms with Crippen LogP contribution in [0, 0.1) is 0 Å². The van der Waals surface area contributed by atoms with Crippen molar-refractivity contribution in [2.45, 2.75) is 61.9 Å². The van der Waals surface area contributed by atoms with E-state index in [1.165, 1.54) is 11.3 Å². The Morgan fingerprint density at radius 1 is 1.13 bits per heavy atom. The monoisotopic (exact) mass is 469 g/mol. The van der Waals surface area contributed by atoms with Crippen molar-refractivity contribution in [2.75, 3.05) is 19.6 Å². The zero-order valence-corrected chi connectivity index (χ0v) is 19.7. The third-order valence-electron chi connectivity index (χ3n) is 6.16. The van der Waals surface area contributed by atoms with Gasteiger partial charge in [-0.1, -0.05) is 11.6 Å². The van der Waals surface area contributed by atoms with Crippen molar-refractivity contribution in [3.8, 4) is 0 Å². The zero-order valence-electron chi connectivity index (χ0n) is 17.3. The first-order valence-corrected chi connectivity index (χ1v) is 13.2. The van der Waals surface area contributed by atoms with Crippen molar-refractivity contribution in [2.24, 2.45) is 0 Å². The van der Waals surface area contributed by atoms with Gasteiger partial charge in [-0.2, -0.15) is 4.72 Å². The van der Waals surface area contributed by atoms with Gasteiger partial charge in [0.2, 0.25) is 5.91 Å². The van der Waals surface area contributed by atoms with Gasteiger partial charge < -0.3 is 9.80 Å². The number of amides is 1. The van der Waals surface area contributed by atoms with Crippen molar-refractivity contribution in [1.29, 1.82) is 0 Å². The fourth-order valence-corrected chi connectivity index (χ4v) is 7.25. The zero-order chi connectivity index (χ0) is 21.5. The summed E-state index contributed by atoms with van der Waals surface area (Å²) in [6.45, 7) is 7.06. The molecular weight excluding hydrogens is 442 g/mol. The van der Waals surface area contributed by atoms with Gasteiger partial charge in [0.15, 0.2) is 0 Å². The summed E-state index contributed by atoms with van der Waals surface area (Å²) in [5.41, 5.74) is 0. The molecular formula is C21H28ClN3O3S2. The van der Waals surface area contributed by atoms with E-state index in [9.17, 15) is 13.2 Å². The second-order valence-corrected chi connectivity index (χ2v) is 11.9. The molecule has 0 bridgehead atoms. The molecule has 2 saturated heterocycles. The molecule has 0 radical (unpaired) electrons. The molecule has 0 spiro atoms. The summed E-state index contributed by atoms with van der Waals surface area (Å²) in [6.07, 6.45) is 3.24. The van der Waals surface area contributed by atoms with Crippen LogP contribution in [0.3, 0.4) is 0 Å². The summed E-state index contributed by atoms with van der Waals surface area (Å²) in [6, 6.07) is 6.96. The van der Waals surface area contributed by atoms with Gasteiger partial charge in [-0.3, -0.25) is 4.79 Å². The summed E-state index contributed by atoms with van der Waals surface area (Å²) >= 11 is 7.21. The van der Waals surface area contributed by atoms with Gasteiger partial charge >= 0.3 is 0 Å². The molecule has 2 aliphatic heterocycles. The molecule has 1 N–H and O–H groups in total. The number of halogens is 1.